The highest BCUT2D eigenvalue weighted by Crippen LogP contribution is 2.20. The maximum atomic E-state index is 11.3. The molecule has 2 aromatic rings. The summed E-state index contributed by atoms with van der Waals surface area (Å²) >= 11 is 3.24. The molecule has 0 unspecified atom stereocenters. The van der Waals surface area contributed by atoms with Gasteiger partial charge in [0.05, 0.1) is 10.0 Å². The molecule has 0 aliphatic rings. The van der Waals surface area contributed by atoms with Crippen molar-refractivity contribution in [2.24, 2.45) is 5.73 Å². The van der Waals surface area contributed by atoms with Gasteiger partial charge in [-0.15, -0.1) is 5.10 Å². The van der Waals surface area contributed by atoms with Crippen LogP contribution in [0.25, 0.3) is 5.82 Å². The van der Waals surface area contributed by atoms with Gasteiger partial charge >= 0.3 is 0 Å². The first-order chi connectivity index (χ1) is 7.99. The Morgan fingerprint density at radius 2 is 2.18 bits per heavy atom. The molecule has 7 heteroatoms. The van der Waals surface area contributed by atoms with E-state index in [2.05, 4.69) is 26.0 Å². The summed E-state index contributed by atoms with van der Waals surface area (Å²) in [6, 6.07) is 3.33. The third-order valence-electron chi connectivity index (χ3n) is 2.19. The van der Waals surface area contributed by atoms with Gasteiger partial charge < -0.3 is 11.5 Å². The van der Waals surface area contributed by atoms with E-state index in [1.807, 2.05) is 6.92 Å². The topological polar surface area (TPSA) is 99.8 Å². The molecule has 0 atom stereocenters. The second-order valence-corrected chi connectivity index (χ2v) is 4.35. The van der Waals surface area contributed by atoms with Crippen LogP contribution in [0.3, 0.4) is 0 Å². The van der Waals surface area contributed by atoms with Crippen LogP contribution in [0, 0.1) is 6.92 Å². The standard InChI is InChI=1S/C10H10BrN5O/c1-5-2-3-6(9(13)17)10(14-5)16-4-7(11)8(12)15-16/h2-4H,1H3,(H2,12,15)(H2,13,17). The molecular weight excluding hydrogens is 286 g/mol. The lowest BCUT2D eigenvalue weighted by Gasteiger charge is -2.06. The van der Waals surface area contributed by atoms with E-state index in [0.717, 1.165) is 5.69 Å². The number of anilines is 1. The van der Waals surface area contributed by atoms with E-state index < -0.39 is 5.91 Å². The first-order valence-corrected chi connectivity index (χ1v) is 5.57. The molecule has 0 saturated heterocycles. The third kappa shape index (κ3) is 2.14. The minimum absolute atomic E-state index is 0.297. The molecule has 0 aliphatic carbocycles. The number of hydrogen-bond acceptors (Lipinski definition) is 4. The molecule has 0 fully saturated rings. The fourth-order valence-electron chi connectivity index (χ4n) is 1.38. The highest BCUT2D eigenvalue weighted by Gasteiger charge is 2.14. The summed E-state index contributed by atoms with van der Waals surface area (Å²) in [6.45, 7) is 1.82. The summed E-state index contributed by atoms with van der Waals surface area (Å²) in [4.78, 5) is 15.5. The number of pyridine rings is 1. The van der Waals surface area contributed by atoms with Crippen molar-refractivity contribution in [2.75, 3.05) is 5.73 Å². The Hall–Kier alpha value is -1.89. The number of amides is 1. The molecule has 6 nitrogen and oxygen atoms in total. The minimum Gasteiger partial charge on any atom is -0.381 e. The zero-order valence-corrected chi connectivity index (χ0v) is 10.6. The molecule has 4 N–H and O–H groups in total. The van der Waals surface area contributed by atoms with Gasteiger partial charge in [0.1, 0.15) is 0 Å². The van der Waals surface area contributed by atoms with Crippen molar-refractivity contribution in [1.82, 2.24) is 14.8 Å². The number of carbonyl (C=O) groups is 1. The normalized spacial score (nSPS) is 10.5. The summed E-state index contributed by atoms with van der Waals surface area (Å²) in [5.41, 5.74) is 12.0. The van der Waals surface area contributed by atoms with E-state index in [0.29, 0.717) is 21.7 Å². The monoisotopic (exact) mass is 295 g/mol. The van der Waals surface area contributed by atoms with Crippen LogP contribution in [0.1, 0.15) is 16.1 Å². The predicted molar refractivity (Wildman–Crippen MR) is 66.7 cm³/mol. The summed E-state index contributed by atoms with van der Waals surface area (Å²) in [5, 5.41) is 4.04. The smallest absolute Gasteiger partial charge is 0.252 e. The molecular formula is C10H10BrN5O. The molecule has 0 bridgehead atoms. The van der Waals surface area contributed by atoms with Crippen LogP contribution < -0.4 is 11.5 Å². The number of hydrogen-bond donors (Lipinski definition) is 2. The number of nitrogen functional groups attached to an aromatic ring is 1. The van der Waals surface area contributed by atoms with Crippen molar-refractivity contribution in [3.8, 4) is 5.82 Å². The van der Waals surface area contributed by atoms with E-state index in [9.17, 15) is 4.79 Å². The predicted octanol–water partition coefficient (Wildman–Crippen LogP) is 1.02. The van der Waals surface area contributed by atoms with Gasteiger partial charge in [-0.25, -0.2) is 9.67 Å². The van der Waals surface area contributed by atoms with Crippen molar-refractivity contribution in [1.29, 1.82) is 0 Å². The average Bonchev–Trinajstić information content (AvgIpc) is 2.58. The Bertz CT molecular complexity index is 573. The van der Waals surface area contributed by atoms with Gasteiger partial charge in [-0.1, -0.05) is 0 Å². The number of nitrogens with zero attached hydrogens (tertiary/aromatic N) is 3. The van der Waals surface area contributed by atoms with Crippen molar-refractivity contribution >= 4 is 27.7 Å². The molecule has 17 heavy (non-hydrogen) atoms. The molecule has 0 aliphatic heterocycles. The molecule has 2 aromatic heterocycles. The summed E-state index contributed by atoms with van der Waals surface area (Å²) in [5.74, 6) is 0.135. The first kappa shape index (κ1) is 11.6. The van der Waals surface area contributed by atoms with Gasteiger partial charge in [0.15, 0.2) is 11.6 Å². The Kier molecular flexibility index (Phi) is 2.84. The highest BCUT2D eigenvalue weighted by atomic mass is 79.9. The average molecular weight is 296 g/mol. The van der Waals surface area contributed by atoms with Crippen LogP contribution >= 0.6 is 15.9 Å². The zero-order chi connectivity index (χ0) is 12.6. The van der Waals surface area contributed by atoms with E-state index in [1.54, 1.807) is 18.3 Å². The van der Waals surface area contributed by atoms with Gasteiger partial charge in [0.2, 0.25) is 0 Å². The minimum atomic E-state index is -0.558. The van der Waals surface area contributed by atoms with Crippen LogP contribution in [0.5, 0.6) is 0 Å². The van der Waals surface area contributed by atoms with Crippen LogP contribution in [0.2, 0.25) is 0 Å². The first-order valence-electron chi connectivity index (χ1n) is 4.77. The molecule has 0 saturated carbocycles. The van der Waals surface area contributed by atoms with Crippen LogP contribution in [0.15, 0.2) is 22.8 Å². The van der Waals surface area contributed by atoms with Crippen LogP contribution in [-0.2, 0) is 0 Å². The van der Waals surface area contributed by atoms with E-state index in [4.69, 9.17) is 11.5 Å². The number of aryl methyl sites for hydroxylation is 1. The Morgan fingerprint density at radius 1 is 1.47 bits per heavy atom. The van der Waals surface area contributed by atoms with Crippen molar-refractivity contribution in [3.05, 3.63) is 34.1 Å². The lowest BCUT2D eigenvalue weighted by molar-refractivity contribution is 0.1000. The van der Waals surface area contributed by atoms with E-state index in [1.165, 1.54) is 4.68 Å². The van der Waals surface area contributed by atoms with Gasteiger partial charge in [-0.05, 0) is 35.0 Å². The van der Waals surface area contributed by atoms with Gasteiger partial charge in [0.25, 0.3) is 5.91 Å². The zero-order valence-electron chi connectivity index (χ0n) is 9.01. The Balaban J connectivity index is 2.64. The Labute approximate surface area is 106 Å². The quantitative estimate of drug-likeness (QED) is 0.864. The fraction of sp³-hybridized carbons (Fsp3) is 0.100. The molecule has 0 aromatic carbocycles. The number of carbonyl (C=O) groups excluding carboxylic acids is 1. The largest absolute Gasteiger partial charge is 0.381 e. The highest BCUT2D eigenvalue weighted by molar-refractivity contribution is 9.10. The third-order valence-corrected chi connectivity index (χ3v) is 2.80. The SMILES string of the molecule is Cc1ccc(C(N)=O)c(-n2cc(Br)c(N)n2)n1. The van der Waals surface area contributed by atoms with Crippen LogP contribution in [0.4, 0.5) is 5.82 Å². The number of nitrogens with two attached hydrogens (primary N) is 2. The summed E-state index contributed by atoms with van der Waals surface area (Å²) in [7, 11) is 0. The number of halogens is 1. The molecule has 0 radical (unpaired) electrons. The fourth-order valence-corrected chi connectivity index (χ4v) is 1.66. The van der Waals surface area contributed by atoms with Gasteiger partial charge in [-0.3, -0.25) is 4.79 Å². The maximum Gasteiger partial charge on any atom is 0.252 e. The lowest BCUT2D eigenvalue weighted by Crippen LogP contribution is -2.16. The van der Waals surface area contributed by atoms with E-state index in [-0.39, 0.29) is 0 Å². The molecule has 88 valence electrons. The Morgan fingerprint density at radius 3 is 2.71 bits per heavy atom. The second kappa shape index (κ2) is 4.17. The van der Waals surface area contributed by atoms with Gasteiger partial charge in [-0.2, -0.15) is 0 Å². The summed E-state index contributed by atoms with van der Waals surface area (Å²) < 4.78 is 2.06. The molecule has 1 amide bonds. The van der Waals surface area contributed by atoms with Crippen molar-refractivity contribution in [3.63, 3.8) is 0 Å². The van der Waals surface area contributed by atoms with E-state index >= 15 is 0 Å². The molecule has 2 heterocycles. The lowest BCUT2D eigenvalue weighted by atomic mass is 10.2. The van der Waals surface area contributed by atoms with Crippen molar-refractivity contribution < 1.29 is 4.79 Å². The van der Waals surface area contributed by atoms with Crippen LogP contribution in [-0.4, -0.2) is 20.7 Å². The number of aromatic nitrogens is 3. The number of rotatable bonds is 2. The van der Waals surface area contributed by atoms with Gasteiger partial charge in [0, 0.05) is 11.9 Å². The maximum absolute atomic E-state index is 11.3. The van der Waals surface area contributed by atoms with Crippen molar-refractivity contribution in [2.45, 2.75) is 6.92 Å². The number of primary amides is 1. The molecule has 0 spiro atoms. The summed E-state index contributed by atoms with van der Waals surface area (Å²) in [6.07, 6.45) is 1.63. The molecule has 2 rings (SSSR count). The second-order valence-electron chi connectivity index (χ2n) is 3.49.